The monoisotopic (exact) mass is 387 g/mol. The number of hydrogen-bond acceptors (Lipinski definition) is 6. The Kier molecular flexibility index (Phi) is 7.26. The van der Waals surface area contributed by atoms with Gasteiger partial charge in [-0.15, -0.1) is 0 Å². The fourth-order valence-corrected chi connectivity index (χ4v) is 2.58. The molecule has 7 heteroatoms. The first-order valence-electron chi connectivity index (χ1n) is 8.82. The first-order valence-corrected chi connectivity index (χ1v) is 8.82. The minimum atomic E-state index is -0.735. The number of nitrogens with one attached hydrogen (secondary N) is 1. The maximum atomic E-state index is 12.8. The van der Waals surface area contributed by atoms with E-state index in [1.165, 1.54) is 33.5 Å². The van der Waals surface area contributed by atoms with Crippen LogP contribution in [0.15, 0.2) is 36.4 Å². The van der Waals surface area contributed by atoms with Crippen LogP contribution < -0.4 is 19.5 Å². The van der Waals surface area contributed by atoms with Crippen molar-refractivity contribution in [1.29, 1.82) is 0 Å². The zero-order valence-corrected chi connectivity index (χ0v) is 16.7. The van der Waals surface area contributed by atoms with Gasteiger partial charge in [0.15, 0.2) is 17.6 Å². The van der Waals surface area contributed by atoms with Crippen molar-refractivity contribution in [3.8, 4) is 17.2 Å². The molecule has 0 aliphatic heterocycles. The van der Waals surface area contributed by atoms with E-state index >= 15 is 0 Å². The maximum absolute atomic E-state index is 12.8. The molecular formula is C21H25NO6. The summed E-state index contributed by atoms with van der Waals surface area (Å²) in [4.78, 5) is 24.9. The molecule has 0 radical (unpaired) electrons. The number of rotatable bonds is 8. The highest BCUT2D eigenvalue weighted by molar-refractivity contribution is 6.03. The predicted molar refractivity (Wildman–Crippen MR) is 105 cm³/mol. The molecule has 0 fully saturated rings. The van der Waals surface area contributed by atoms with E-state index in [1.54, 1.807) is 0 Å². The summed E-state index contributed by atoms with van der Waals surface area (Å²) in [6.07, 6.45) is -0.290. The summed E-state index contributed by atoms with van der Waals surface area (Å²) in [7, 11) is 4.19. The Morgan fingerprint density at radius 3 is 2.14 bits per heavy atom. The van der Waals surface area contributed by atoms with Crippen LogP contribution in [0.4, 0.5) is 5.69 Å². The molecule has 2 aromatic rings. The van der Waals surface area contributed by atoms with Crippen molar-refractivity contribution in [2.45, 2.75) is 26.4 Å². The highest BCUT2D eigenvalue weighted by Crippen LogP contribution is 2.34. The molecule has 1 N–H and O–H groups in total. The summed E-state index contributed by atoms with van der Waals surface area (Å²) < 4.78 is 21.1. The molecule has 7 nitrogen and oxygen atoms in total. The standard InChI is InChI=1S/C21H25NO6/c1-6-17(28-14-9-7-13(2)8-10-14)20(23)22-16-12-19(26-4)18(25-3)11-15(16)21(24)27-5/h7-12,17H,6H2,1-5H3,(H,22,23)/t17-/m0/s1. The average Bonchev–Trinajstić information content (AvgIpc) is 2.72. The fraction of sp³-hybridized carbons (Fsp3) is 0.333. The maximum Gasteiger partial charge on any atom is 0.340 e. The molecule has 2 aromatic carbocycles. The molecule has 0 saturated carbocycles. The van der Waals surface area contributed by atoms with Crippen molar-refractivity contribution in [2.24, 2.45) is 0 Å². The van der Waals surface area contributed by atoms with Gasteiger partial charge in [-0.3, -0.25) is 4.79 Å². The number of benzene rings is 2. The lowest BCUT2D eigenvalue weighted by Gasteiger charge is -2.19. The lowest BCUT2D eigenvalue weighted by atomic mass is 10.1. The van der Waals surface area contributed by atoms with E-state index in [9.17, 15) is 9.59 Å². The summed E-state index contributed by atoms with van der Waals surface area (Å²) in [5.41, 5.74) is 1.50. The molecule has 1 atom stereocenters. The zero-order valence-electron chi connectivity index (χ0n) is 16.7. The summed E-state index contributed by atoms with van der Waals surface area (Å²) in [6, 6.07) is 10.4. The van der Waals surface area contributed by atoms with Crippen LogP contribution in [-0.4, -0.2) is 39.3 Å². The van der Waals surface area contributed by atoms with Crippen LogP contribution in [0.3, 0.4) is 0 Å². The van der Waals surface area contributed by atoms with Crippen LogP contribution >= 0.6 is 0 Å². The topological polar surface area (TPSA) is 83.1 Å². The largest absolute Gasteiger partial charge is 0.493 e. The van der Waals surface area contributed by atoms with E-state index in [0.717, 1.165) is 5.56 Å². The van der Waals surface area contributed by atoms with Crippen LogP contribution in [0.5, 0.6) is 17.2 Å². The van der Waals surface area contributed by atoms with Crippen LogP contribution in [0.1, 0.15) is 29.3 Å². The van der Waals surface area contributed by atoms with Gasteiger partial charge < -0.3 is 24.3 Å². The Labute approximate surface area is 164 Å². The van der Waals surface area contributed by atoms with E-state index in [1.807, 2.05) is 38.1 Å². The van der Waals surface area contributed by atoms with E-state index in [0.29, 0.717) is 23.7 Å². The molecule has 1 amide bonds. The van der Waals surface area contributed by atoms with E-state index in [2.05, 4.69) is 5.32 Å². The number of carbonyl (C=O) groups excluding carboxylic acids is 2. The quantitative estimate of drug-likeness (QED) is 0.697. The molecule has 0 aromatic heterocycles. The summed E-state index contributed by atoms with van der Waals surface area (Å²) >= 11 is 0. The zero-order chi connectivity index (χ0) is 20.7. The molecule has 0 bridgehead atoms. The summed E-state index contributed by atoms with van der Waals surface area (Å²) in [5, 5.41) is 2.73. The predicted octanol–water partition coefficient (Wildman–Crippen LogP) is 3.59. The number of aryl methyl sites for hydroxylation is 1. The lowest BCUT2D eigenvalue weighted by molar-refractivity contribution is -0.122. The Bertz CT molecular complexity index is 832. The third-order valence-corrected chi connectivity index (χ3v) is 4.15. The molecule has 0 aliphatic rings. The normalized spacial score (nSPS) is 11.3. The third-order valence-electron chi connectivity index (χ3n) is 4.15. The van der Waals surface area contributed by atoms with Gasteiger partial charge in [0.25, 0.3) is 5.91 Å². The van der Waals surface area contributed by atoms with Gasteiger partial charge in [-0.2, -0.15) is 0 Å². The number of esters is 1. The van der Waals surface area contributed by atoms with Crippen LogP contribution in [0, 0.1) is 6.92 Å². The SMILES string of the molecule is CC[C@H](Oc1ccc(C)cc1)C(=O)Nc1cc(OC)c(OC)cc1C(=O)OC. The minimum absolute atomic E-state index is 0.152. The van der Waals surface area contributed by atoms with Crippen molar-refractivity contribution >= 4 is 17.6 Å². The van der Waals surface area contributed by atoms with Gasteiger partial charge in [-0.1, -0.05) is 24.6 Å². The smallest absolute Gasteiger partial charge is 0.340 e. The fourth-order valence-electron chi connectivity index (χ4n) is 2.58. The highest BCUT2D eigenvalue weighted by Gasteiger charge is 2.23. The molecule has 0 saturated heterocycles. The van der Waals surface area contributed by atoms with Crippen molar-refractivity contribution in [1.82, 2.24) is 0 Å². The van der Waals surface area contributed by atoms with Crippen molar-refractivity contribution < 1.29 is 28.5 Å². The second kappa shape index (κ2) is 9.64. The Morgan fingerprint density at radius 1 is 1.00 bits per heavy atom. The molecule has 2 rings (SSSR count). The summed E-state index contributed by atoms with van der Waals surface area (Å²) in [5.74, 6) is 0.319. The highest BCUT2D eigenvalue weighted by atomic mass is 16.5. The minimum Gasteiger partial charge on any atom is -0.493 e. The Hall–Kier alpha value is -3.22. The van der Waals surface area contributed by atoms with Crippen LogP contribution in [0.25, 0.3) is 0 Å². The number of methoxy groups -OCH3 is 3. The molecule has 0 spiro atoms. The Balaban J connectivity index is 2.29. The molecule has 0 heterocycles. The number of amides is 1. The van der Waals surface area contributed by atoms with Gasteiger partial charge in [0.2, 0.25) is 0 Å². The van der Waals surface area contributed by atoms with E-state index < -0.39 is 12.1 Å². The van der Waals surface area contributed by atoms with E-state index in [4.69, 9.17) is 18.9 Å². The molecule has 150 valence electrons. The number of ether oxygens (including phenoxy) is 4. The number of hydrogen-bond donors (Lipinski definition) is 1. The molecular weight excluding hydrogens is 362 g/mol. The van der Waals surface area contributed by atoms with Crippen molar-refractivity contribution in [2.75, 3.05) is 26.6 Å². The van der Waals surface area contributed by atoms with Gasteiger partial charge in [0.1, 0.15) is 5.75 Å². The second-order valence-electron chi connectivity index (χ2n) is 6.06. The Morgan fingerprint density at radius 2 is 1.61 bits per heavy atom. The van der Waals surface area contributed by atoms with Crippen molar-refractivity contribution in [3.05, 3.63) is 47.5 Å². The van der Waals surface area contributed by atoms with Crippen molar-refractivity contribution in [3.63, 3.8) is 0 Å². The van der Waals surface area contributed by atoms with Gasteiger partial charge >= 0.3 is 5.97 Å². The third kappa shape index (κ3) is 4.94. The average molecular weight is 387 g/mol. The van der Waals surface area contributed by atoms with Gasteiger partial charge in [-0.05, 0) is 25.5 Å². The van der Waals surface area contributed by atoms with Gasteiger partial charge in [0, 0.05) is 12.1 Å². The van der Waals surface area contributed by atoms with Gasteiger partial charge in [-0.25, -0.2) is 4.79 Å². The molecule has 0 aliphatic carbocycles. The van der Waals surface area contributed by atoms with E-state index in [-0.39, 0.29) is 17.2 Å². The molecule has 28 heavy (non-hydrogen) atoms. The van der Waals surface area contributed by atoms with Crippen LogP contribution in [-0.2, 0) is 9.53 Å². The molecule has 0 unspecified atom stereocenters. The lowest BCUT2D eigenvalue weighted by Crippen LogP contribution is -2.33. The van der Waals surface area contributed by atoms with Crippen LogP contribution in [0.2, 0.25) is 0 Å². The number of anilines is 1. The summed E-state index contributed by atoms with van der Waals surface area (Å²) in [6.45, 7) is 3.81. The first-order chi connectivity index (χ1) is 13.4. The van der Waals surface area contributed by atoms with Gasteiger partial charge in [0.05, 0.1) is 32.6 Å². The number of carbonyl (C=O) groups is 2. The first kappa shape index (κ1) is 21.1. The second-order valence-corrected chi connectivity index (χ2v) is 6.06.